The summed E-state index contributed by atoms with van der Waals surface area (Å²) in [4.78, 5) is 0. The van der Waals surface area contributed by atoms with E-state index in [0.717, 1.165) is 43.4 Å². The molecule has 0 bridgehead atoms. The van der Waals surface area contributed by atoms with Gasteiger partial charge in [0.25, 0.3) is 0 Å². The molecule has 286 valence electrons. The van der Waals surface area contributed by atoms with Crippen molar-refractivity contribution in [3.63, 3.8) is 0 Å². The highest BCUT2D eigenvalue weighted by Crippen LogP contribution is 2.50. The topological polar surface area (TPSA) is 55.4 Å². The molecule has 0 saturated carbocycles. The van der Waals surface area contributed by atoms with Crippen LogP contribution in [0.2, 0.25) is 0 Å². The number of ether oxygens (including phenoxy) is 6. The average molecular weight is 820 g/mol. The van der Waals surface area contributed by atoms with Crippen LogP contribution in [0.1, 0.15) is 45.0 Å². The summed E-state index contributed by atoms with van der Waals surface area (Å²) in [6.07, 6.45) is -0.356. The Labute approximate surface area is 342 Å². The van der Waals surface area contributed by atoms with Crippen LogP contribution in [0.15, 0.2) is 180 Å². The van der Waals surface area contributed by atoms with Crippen LogP contribution in [0.5, 0.6) is 28.7 Å². The maximum Gasteiger partial charge on any atom is 0.162 e. The number of fused-ring (bicyclic) bond motifs is 1. The van der Waals surface area contributed by atoms with Gasteiger partial charge in [-0.3, -0.25) is 0 Å². The Morgan fingerprint density at radius 3 is 1.35 bits per heavy atom. The third-order valence-corrected chi connectivity index (χ3v) is 10.5. The molecule has 0 aromatic heterocycles. The Morgan fingerprint density at radius 2 is 0.860 bits per heavy atom. The molecular formula is C50H43BrO6. The number of rotatable bonds is 16. The predicted molar refractivity (Wildman–Crippen MR) is 226 cm³/mol. The normalized spacial score (nSPS) is 14.5. The van der Waals surface area contributed by atoms with Crippen molar-refractivity contribution < 1.29 is 28.4 Å². The van der Waals surface area contributed by atoms with Crippen molar-refractivity contribution >= 4 is 15.9 Å². The smallest absolute Gasteiger partial charge is 0.162 e. The van der Waals surface area contributed by atoms with Gasteiger partial charge in [0, 0.05) is 18.1 Å². The molecule has 1 aliphatic rings. The lowest BCUT2D eigenvalue weighted by atomic mass is 9.93. The molecule has 0 saturated heterocycles. The van der Waals surface area contributed by atoms with E-state index < -0.39 is 6.10 Å². The van der Waals surface area contributed by atoms with Gasteiger partial charge in [-0.15, -0.1) is 0 Å². The summed E-state index contributed by atoms with van der Waals surface area (Å²) in [6, 6.07) is 58.7. The molecule has 6 nitrogen and oxygen atoms in total. The van der Waals surface area contributed by atoms with Crippen LogP contribution >= 0.6 is 15.9 Å². The van der Waals surface area contributed by atoms with E-state index in [1.165, 1.54) is 0 Å². The largest absolute Gasteiger partial charge is 0.488 e. The lowest BCUT2D eigenvalue weighted by Crippen LogP contribution is -2.33. The SMILES string of the molecule is Brc1c(OCc2ccccc2)cc(OCc2ccccc2)c2c1OC(c1ccc(OCc3ccccc3)c(OCc3ccccc3)c1)C(OCc1ccccc1)C2. The van der Waals surface area contributed by atoms with Gasteiger partial charge in [-0.25, -0.2) is 0 Å². The molecule has 0 aliphatic carbocycles. The quantitative estimate of drug-likeness (QED) is 0.0968. The van der Waals surface area contributed by atoms with Gasteiger partial charge in [0.05, 0.1) is 6.61 Å². The Bertz CT molecular complexity index is 2320. The fourth-order valence-electron chi connectivity index (χ4n) is 6.77. The van der Waals surface area contributed by atoms with E-state index in [0.29, 0.717) is 68.2 Å². The zero-order valence-corrected chi connectivity index (χ0v) is 33.1. The molecule has 0 spiro atoms. The van der Waals surface area contributed by atoms with Crippen molar-refractivity contribution in [2.45, 2.75) is 51.7 Å². The van der Waals surface area contributed by atoms with Crippen molar-refractivity contribution in [3.05, 3.63) is 219 Å². The summed E-state index contributed by atoms with van der Waals surface area (Å²) in [7, 11) is 0. The van der Waals surface area contributed by atoms with Gasteiger partial charge >= 0.3 is 0 Å². The average Bonchev–Trinajstić information content (AvgIpc) is 3.28. The van der Waals surface area contributed by atoms with Crippen LogP contribution in [-0.2, 0) is 44.2 Å². The molecule has 2 unspecified atom stereocenters. The molecule has 7 heteroatoms. The number of halogens is 1. The summed E-state index contributed by atoms with van der Waals surface area (Å²) in [5.74, 6) is 3.23. The molecule has 1 heterocycles. The van der Waals surface area contributed by atoms with Crippen LogP contribution in [-0.4, -0.2) is 6.10 Å². The second-order valence-corrected chi connectivity index (χ2v) is 14.7. The molecular weight excluding hydrogens is 776 g/mol. The van der Waals surface area contributed by atoms with E-state index >= 15 is 0 Å². The summed E-state index contributed by atoms with van der Waals surface area (Å²) >= 11 is 3.89. The van der Waals surface area contributed by atoms with Gasteiger partial charge in [0.15, 0.2) is 17.6 Å². The zero-order chi connectivity index (χ0) is 38.7. The predicted octanol–water partition coefficient (Wildman–Crippen LogP) is 12.0. The lowest BCUT2D eigenvalue weighted by Gasteiger charge is -2.36. The zero-order valence-electron chi connectivity index (χ0n) is 31.5. The third-order valence-electron chi connectivity index (χ3n) is 9.79. The Kier molecular flexibility index (Phi) is 12.5. The fourth-order valence-corrected chi connectivity index (χ4v) is 7.33. The van der Waals surface area contributed by atoms with Crippen LogP contribution < -0.4 is 23.7 Å². The van der Waals surface area contributed by atoms with E-state index in [2.05, 4.69) is 52.3 Å². The Hall–Kier alpha value is -6.02. The molecule has 0 amide bonds. The highest BCUT2D eigenvalue weighted by Gasteiger charge is 2.37. The van der Waals surface area contributed by atoms with E-state index in [1.807, 2.05) is 140 Å². The second-order valence-electron chi connectivity index (χ2n) is 13.9. The van der Waals surface area contributed by atoms with Crippen LogP contribution in [0.25, 0.3) is 0 Å². The summed E-state index contributed by atoms with van der Waals surface area (Å²) < 4.78 is 40.5. The first kappa shape index (κ1) is 37.9. The van der Waals surface area contributed by atoms with Crippen molar-refractivity contribution in [2.24, 2.45) is 0 Å². The van der Waals surface area contributed by atoms with Crippen molar-refractivity contribution in [1.29, 1.82) is 0 Å². The van der Waals surface area contributed by atoms with Crippen molar-refractivity contribution in [3.8, 4) is 28.7 Å². The lowest BCUT2D eigenvalue weighted by molar-refractivity contribution is -0.0472. The first-order valence-corrected chi connectivity index (χ1v) is 19.9. The van der Waals surface area contributed by atoms with Crippen LogP contribution in [0.3, 0.4) is 0 Å². The Balaban J connectivity index is 1.16. The highest BCUT2D eigenvalue weighted by atomic mass is 79.9. The summed E-state index contributed by atoms with van der Waals surface area (Å²) in [5.41, 5.74) is 7.11. The standard InChI is InChI=1S/C50H43BrO6/c51-48-46(55-34-39-22-12-4-13-23-39)30-44(53-32-37-18-8-2-9-19-37)42-29-47(56-35-40-24-14-5-15-25-40)49(57-50(42)48)41-26-27-43(52-31-36-16-6-1-7-17-36)45(28-41)54-33-38-20-10-3-11-21-38/h1-28,30,47,49H,29,31-35H2. The van der Waals surface area contributed by atoms with E-state index in [9.17, 15) is 0 Å². The van der Waals surface area contributed by atoms with Gasteiger partial charge in [-0.2, -0.15) is 0 Å². The first-order valence-electron chi connectivity index (χ1n) is 19.1. The van der Waals surface area contributed by atoms with Crippen molar-refractivity contribution in [2.75, 3.05) is 0 Å². The van der Waals surface area contributed by atoms with E-state index in [1.54, 1.807) is 0 Å². The second kappa shape index (κ2) is 18.7. The number of benzene rings is 7. The summed E-state index contributed by atoms with van der Waals surface area (Å²) in [5, 5.41) is 0. The van der Waals surface area contributed by atoms with Gasteiger partial charge < -0.3 is 28.4 Å². The minimum atomic E-state index is -0.508. The molecule has 0 radical (unpaired) electrons. The first-order chi connectivity index (χ1) is 28.2. The third kappa shape index (κ3) is 9.87. The molecule has 0 fully saturated rings. The van der Waals surface area contributed by atoms with Crippen LogP contribution in [0, 0.1) is 0 Å². The molecule has 57 heavy (non-hydrogen) atoms. The number of hydrogen-bond donors (Lipinski definition) is 0. The molecule has 2 atom stereocenters. The van der Waals surface area contributed by atoms with E-state index in [-0.39, 0.29) is 6.10 Å². The Morgan fingerprint density at radius 1 is 0.439 bits per heavy atom. The highest BCUT2D eigenvalue weighted by molar-refractivity contribution is 9.10. The maximum absolute atomic E-state index is 7.09. The van der Waals surface area contributed by atoms with Gasteiger partial charge in [-0.1, -0.05) is 158 Å². The minimum absolute atomic E-state index is 0.377. The summed E-state index contributed by atoms with van der Waals surface area (Å²) in [6.45, 7) is 1.97. The minimum Gasteiger partial charge on any atom is -0.488 e. The molecule has 0 N–H and O–H groups in total. The monoisotopic (exact) mass is 818 g/mol. The van der Waals surface area contributed by atoms with Gasteiger partial charge in [0.2, 0.25) is 0 Å². The fraction of sp³-hybridized carbons (Fsp3) is 0.160. The van der Waals surface area contributed by atoms with Gasteiger partial charge in [0.1, 0.15) is 54.3 Å². The number of hydrogen-bond acceptors (Lipinski definition) is 6. The van der Waals surface area contributed by atoms with Gasteiger partial charge in [-0.05, 0) is 61.4 Å². The molecule has 7 aromatic carbocycles. The van der Waals surface area contributed by atoms with E-state index in [4.69, 9.17) is 28.4 Å². The molecule has 8 rings (SSSR count). The van der Waals surface area contributed by atoms with Crippen molar-refractivity contribution in [1.82, 2.24) is 0 Å². The molecule has 7 aromatic rings. The maximum atomic E-state index is 7.09. The van der Waals surface area contributed by atoms with Crippen LogP contribution in [0.4, 0.5) is 0 Å². The molecule has 1 aliphatic heterocycles.